The molecule has 110 valence electrons. The third kappa shape index (κ3) is 4.22. The summed E-state index contributed by atoms with van der Waals surface area (Å²) in [5, 5.41) is 11.5. The number of hydrogen-bond donors (Lipinski definition) is 2. The van der Waals surface area contributed by atoms with Crippen molar-refractivity contribution < 1.29 is 23.8 Å². The van der Waals surface area contributed by atoms with E-state index in [1.807, 2.05) is 13.8 Å². The molecular formula is C14H18FNO4. The standard InChI is InChI=1S/C14H18FNO4/c1-8(2)6-11(14(18)19)16-13(17)10-7-9(15)4-5-12(10)20-3/h4-5,7-8,11H,6H2,1-3H3,(H,16,17)(H,18,19)/t11-/m1/s1. The SMILES string of the molecule is COc1ccc(F)cc1C(=O)N[C@H](CC(C)C)C(=O)O. The van der Waals surface area contributed by atoms with Crippen LogP contribution in [0.15, 0.2) is 18.2 Å². The molecule has 5 nitrogen and oxygen atoms in total. The molecule has 1 rings (SSSR count). The lowest BCUT2D eigenvalue weighted by Crippen LogP contribution is -2.41. The first-order chi connectivity index (χ1) is 9.35. The number of carboxylic acids is 1. The van der Waals surface area contributed by atoms with Gasteiger partial charge in [0.1, 0.15) is 17.6 Å². The van der Waals surface area contributed by atoms with Crippen molar-refractivity contribution in [1.29, 1.82) is 0 Å². The molecule has 0 aliphatic rings. The van der Waals surface area contributed by atoms with E-state index in [0.29, 0.717) is 6.42 Å². The Morgan fingerprint density at radius 1 is 1.40 bits per heavy atom. The van der Waals surface area contributed by atoms with Gasteiger partial charge >= 0.3 is 5.97 Å². The second-order valence-electron chi connectivity index (χ2n) is 4.84. The van der Waals surface area contributed by atoms with Crippen LogP contribution >= 0.6 is 0 Å². The van der Waals surface area contributed by atoms with Crippen LogP contribution in [-0.4, -0.2) is 30.1 Å². The van der Waals surface area contributed by atoms with E-state index in [0.717, 1.165) is 6.07 Å². The van der Waals surface area contributed by atoms with Crippen molar-refractivity contribution in [2.45, 2.75) is 26.3 Å². The second-order valence-corrected chi connectivity index (χ2v) is 4.84. The maximum Gasteiger partial charge on any atom is 0.326 e. The summed E-state index contributed by atoms with van der Waals surface area (Å²) in [7, 11) is 1.35. The maximum atomic E-state index is 13.2. The van der Waals surface area contributed by atoms with E-state index in [9.17, 15) is 14.0 Å². The zero-order valence-electron chi connectivity index (χ0n) is 11.6. The van der Waals surface area contributed by atoms with E-state index in [1.165, 1.54) is 19.2 Å². The molecule has 0 saturated heterocycles. The summed E-state index contributed by atoms with van der Waals surface area (Å²) in [5.74, 6) is -2.09. The molecule has 6 heteroatoms. The molecule has 1 aromatic carbocycles. The summed E-state index contributed by atoms with van der Waals surface area (Å²) < 4.78 is 18.2. The Hall–Kier alpha value is -2.11. The van der Waals surface area contributed by atoms with Gasteiger partial charge in [-0.3, -0.25) is 4.79 Å². The number of aliphatic carboxylic acids is 1. The fourth-order valence-corrected chi connectivity index (χ4v) is 1.79. The first-order valence-electron chi connectivity index (χ1n) is 6.22. The zero-order valence-corrected chi connectivity index (χ0v) is 11.6. The highest BCUT2D eigenvalue weighted by Gasteiger charge is 2.23. The molecule has 0 aliphatic carbocycles. The smallest absolute Gasteiger partial charge is 0.326 e. The van der Waals surface area contributed by atoms with Gasteiger partial charge in [0.05, 0.1) is 12.7 Å². The predicted octanol–water partition coefficient (Wildman–Crippen LogP) is 2.06. The molecule has 0 aliphatic heterocycles. The Labute approximate surface area is 116 Å². The topological polar surface area (TPSA) is 75.6 Å². The van der Waals surface area contributed by atoms with E-state index < -0.39 is 23.7 Å². The van der Waals surface area contributed by atoms with Crippen LogP contribution < -0.4 is 10.1 Å². The number of ether oxygens (including phenoxy) is 1. The third-order valence-electron chi connectivity index (χ3n) is 2.72. The van der Waals surface area contributed by atoms with Crippen molar-refractivity contribution in [3.8, 4) is 5.75 Å². The minimum absolute atomic E-state index is 0.0255. The summed E-state index contributed by atoms with van der Waals surface area (Å²) in [6.45, 7) is 3.70. The first-order valence-corrected chi connectivity index (χ1v) is 6.22. The fraction of sp³-hybridized carbons (Fsp3) is 0.429. The van der Waals surface area contributed by atoms with Crippen molar-refractivity contribution in [1.82, 2.24) is 5.32 Å². The number of carboxylic acid groups (broad SMARTS) is 1. The quantitative estimate of drug-likeness (QED) is 0.838. The van der Waals surface area contributed by atoms with Crippen molar-refractivity contribution in [2.75, 3.05) is 7.11 Å². The van der Waals surface area contributed by atoms with Crippen LogP contribution in [0.3, 0.4) is 0 Å². The van der Waals surface area contributed by atoms with E-state index in [2.05, 4.69) is 5.32 Å². The highest BCUT2D eigenvalue weighted by atomic mass is 19.1. The van der Waals surface area contributed by atoms with Crippen LogP contribution in [0.5, 0.6) is 5.75 Å². The maximum absolute atomic E-state index is 13.2. The van der Waals surface area contributed by atoms with Crippen molar-refractivity contribution in [3.05, 3.63) is 29.6 Å². The van der Waals surface area contributed by atoms with Crippen LogP contribution in [-0.2, 0) is 4.79 Å². The van der Waals surface area contributed by atoms with E-state index in [4.69, 9.17) is 9.84 Å². The number of hydrogen-bond acceptors (Lipinski definition) is 3. The number of methoxy groups -OCH3 is 1. The number of carbonyl (C=O) groups excluding carboxylic acids is 1. The van der Waals surface area contributed by atoms with Crippen LogP contribution in [0.25, 0.3) is 0 Å². The van der Waals surface area contributed by atoms with Gasteiger partial charge in [0.2, 0.25) is 0 Å². The minimum Gasteiger partial charge on any atom is -0.496 e. The average Bonchev–Trinajstić information content (AvgIpc) is 2.37. The summed E-state index contributed by atoms with van der Waals surface area (Å²) in [5.41, 5.74) is -0.0255. The molecule has 0 bridgehead atoms. The summed E-state index contributed by atoms with van der Waals surface area (Å²) in [4.78, 5) is 23.2. The second kappa shape index (κ2) is 6.88. The molecule has 0 radical (unpaired) electrons. The number of carbonyl (C=O) groups is 2. The lowest BCUT2D eigenvalue weighted by atomic mass is 10.0. The third-order valence-corrected chi connectivity index (χ3v) is 2.72. The van der Waals surface area contributed by atoms with Gasteiger partial charge in [0.15, 0.2) is 0 Å². The van der Waals surface area contributed by atoms with Gasteiger partial charge in [-0.1, -0.05) is 13.8 Å². The summed E-state index contributed by atoms with van der Waals surface area (Å²) in [6.07, 6.45) is 0.290. The lowest BCUT2D eigenvalue weighted by Gasteiger charge is -2.17. The monoisotopic (exact) mass is 283 g/mol. The molecule has 0 aromatic heterocycles. The normalized spacial score (nSPS) is 12.1. The Kier molecular flexibility index (Phi) is 5.49. The van der Waals surface area contributed by atoms with Crippen molar-refractivity contribution in [2.24, 2.45) is 5.92 Å². The van der Waals surface area contributed by atoms with E-state index in [1.54, 1.807) is 0 Å². The van der Waals surface area contributed by atoms with Gasteiger partial charge in [-0.15, -0.1) is 0 Å². The molecule has 20 heavy (non-hydrogen) atoms. The average molecular weight is 283 g/mol. The number of rotatable bonds is 6. The molecule has 0 heterocycles. The van der Waals surface area contributed by atoms with Crippen molar-refractivity contribution in [3.63, 3.8) is 0 Å². The van der Waals surface area contributed by atoms with E-state index in [-0.39, 0.29) is 17.2 Å². The minimum atomic E-state index is -1.12. The fourth-order valence-electron chi connectivity index (χ4n) is 1.79. The first kappa shape index (κ1) is 15.9. The number of halogens is 1. The van der Waals surface area contributed by atoms with E-state index >= 15 is 0 Å². The van der Waals surface area contributed by atoms with Gasteiger partial charge in [0, 0.05) is 0 Å². The number of nitrogens with one attached hydrogen (secondary N) is 1. The Morgan fingerprint density at radius 3 is 2.55 bits per heavy atom. The van der Waals surface area contributed by atoms with Gasteiger partial charge in [-0.25, -0.2) is 9.18 Å². The van der Waals surface area contributed by atoms with Crippen LogP contribution in [0.4, 0.5) is 4.39 Å². The van der Waals surface area contributed by atoms with Crippen LogP contribution in [0, 0.1) is 11.7 Å². The van der Waals surface area contributed by atoms with Crippen LogP contribution in [0.2, 0.25) is 0 Å². The van der Waals surface area contributed by atoms with Gasteiger partial charge in [0.25, 0.3) is 5.91 Å². The molecule has 0 fully saturated rings. The highest BCUT2D eigenvalue weighted by molar-refractivity contribution is 5.98. The number of amides is 1. The van der Waals surface area contributed by atoms with Crippen molar-refractivity contribution >= 4 is 11.9 Å². The van der Waals surface area contributed by atoms with Gasteiger partial charge in [-0.2, -0.15) is 0 Å². The molecule has 0 saturated carbocycles. The lowest BCUT2D eigenvalue weighted by molar-refractivity contribution is -0.139. The highest BCUT2D eigenvalue weighted by Crippen LogP contribution is 2.19. The Bertz CT molecular complexity index is 502. The predicted molar refractivity (Wildman–Crippen MR) is 71.3 cm³/mol. The summed E-state index contributed by atoms with van der Waals surface area (Å²) in [6, 6.07) is 2.49. The molecule has 1 aromatic rings. The molecule has 0 spiro atoms. The molecule has 1 amide bonds. The van der Waals surface area contributed by atoms with Gasteiger partial charge < -0.3 is 15.2 Å². The Balaban J connectivity index is 2.94. The molecule has 2 N–H and O–H groups in total. The largest absolute Gasteiger partial charge is 0.496 e. The molecule has 0 unspecified atom stereocenters. The summed E-state index contributed by atoms with van der Waals surface area (Å²) >= 11 is 0. The number of benzene rings is 1. The van der Waals surface area contributed by atoms with Crippen LogP contribution in [0.1, 0.15) is 30.6 Å². The Morgan fingerprint density at radius 2 is 2.05 bits per heavy atom. The molecular weight excluding hydrogens is 265 g/mol. The molecule has 1 atom stereocenters. The zero-order chi connectivity index (χ0) is 15.3. The van der Waals surface area contributed by atoms with Gasteiger partial charge in [-0.05, 0) is 30.5 Å².